The number of morpholine rings is 2. The van der Waals surface area contributed by atoms with Gasteiger partial charge in [-0.1, -0.05) is 41.0 Å². The molecule has 0 aromatic carbocycles. The highest BCUT2D eigenvalue weighted by Gasteiger charge is 2.41. The SMILES string of the molecule is CC(C)(C)C(C)(C)CC(N=C(NC(=O)OCC1CCC1)N1CCOCC1)C(=O)NC1C(=O)COCC1CN1CCOCC1. The molecule has 12 heteroatoms. The minimum Gasteiger partial charge on any atom is -0.449 e. The first-order valence-corrected chi connectivity index (χ1v) is 16.0. The largest absolute Gasteiger partial charge is 0.449 e. The van der Waals surface area contributed by atoms with Crippen LogP contribution in [0.15, 0.2) is 4.99 Å². The van der Waals surface area contributed by atoms with Crippen molar-refractivity contribution in [3.63, 3.8) is 0 Å². The number of amides is 2. The van der Waals surface area contributed by atoms with Gasteiger partial charge in [-0.25, -0.2) is 9.79 Å². The van der Waals surface area contributed by atoms with Crippen molar-refractivity contribution in [2.75, 3.05) is 79.0 Å². The highest BCUT2D eigenvalue weighted by molar-refractivity contribution is 5.97. The van der Waals surface area contributed by atoms with E-state index in [2.05, 4.69) is 50.2 Å². The predicted octanol–water partition coefficient (Wildman–Crippen LogP) is 2.06. The first-order chi connectivity index (χ1) is 20.4. The smallest absolute Gasteiger partial charge is 0.413 e. The van der Waals surface area contributed by atoms with Gasteiger partial charge in [0, 0.05) is 38.6 Å². The van der Waals surface area contributed by atoms with Crippen LogP contribution in [0, 0.1) is 22.7 Å². The fourth-order valence-corrected chi connectivity index (χ4v) is 5.56. The van der Waals surface area contributed by atoms with E-state index in [1.54, 1.807) is 0 Å². The molecule has 4 aliphatic rings. The van der Waals surface area contributed by atoms with Gasteiger partial charge in [-0.15, -0.1) is 0 Å². The zero-order chi connectivity index (χ0) is 31.0. The summed E-state index contributed by atoms with van der Waals surface area (Å²) in [6.07, 6.45) is 3.15. The van der Waals surface area contributed by atoms with E-state index in [1.807, 2.05) is 4.90 Å². The number of carbonyl (C=O) groups is 3. The maximum Gasteiger partial charge on any atom is 0.413 e. The van der Waals surface area contributed by atoms with Crippen LogP contribution in [-0.2, 0) is 28.5 Å². The zero-order valence-electron chi connectivity index (χ0n) is 26.8. The number of ketones is 1. The second-order valence-electron chi connectivity index (χ2n) is 14.1. The van der Waals surface area contributed by atoms with Crippen LogP contribution in [0.5, 0.6) is 0 Å². The highest BCUT2D eigenvalue weighted by atomic mass is 16.5. The van der Waals surface area contributed by atoms with Crippen LogP contribution in [0.2, 0.25) is 0 Å². The number of alkyl carbamates (subject to hydrolysis) is 1. The molecule has 2 N–H and O–H groups in total. The molecule has 4 fully saturated rings. The molecule has 3 aliphatic heterocycles. The number of nitrogens with one attached hydrogen (secondary N) is 2. The second kappa shape index (κ2) is 15.1. The van der Waals surface area contributed by atoms with Gasteiger partial charge in [-0.2, -0.15) is 0 Å². The molecule has 4 rings (SSSR count). The summed E-state index contributed by atoms with van der Waals surface area (Å²) < 4.78 is 22.2. The molecular weight excluding hydrogens is 554 g/mol. The normalized spacial score (nSPS) is 25.6. The summed E-state index contributed by atoms with van der Waals surface area (Å²) in [6, 6.07) is -1.52. The van der Waals surface area contributed by atoms with Gasteiger partial charge >= 0.3 is 6.09 Å². The van der Waals surface area contributed by atoms with Gasteiger partial charge in [0.1, 0.15) is 12.6 Å². The first-order valence-electron chi connectivity index (χ1n) is 16.0. The summed E-state index contributed by atoms with van der Waals surface area (Å²) >= 11 is 0. The van der Waals surface area contributed by atoms with Crippen LogP contribution in [0.3, 0.4) is 0 Å². The summed E-state index contributed by atoms with van der Waals surface area (Å²) in [5.41, 5.74) is -0.436. The van der Waals surface area contributed by atoms with Crippen molar-refractivity contribution in [3.05, 3.63) is 0 Å². The monoisotopic (exact) mass is 607 g/mol. The Morgan fingerprint density at radius 3 is 2.26 bits per heavy atom. The summed E-state index contributed by atoms with van der Waals surface area (Å²) in [7, 11) is 0. The van der Waals surface area contributed by atoms with Crippen LogP contribution < -0.4 is 10.6 Å². The van der Waals surface area contributed by atoms with Crippen molar-refractivity contribution < 1.29 is 33.3 Å². The summed E-state index contributed by atoms with van der Waals surface area (Å²) in [6.45, 7) is 16.9. The Labute approximate surface area is 256 Å². The topological polar surface area (TPSA) is 131 Å². The molecule has 3 atom stereocenters. The first kappa shape index (κ1) is 33.6. The Morgan fingerprint density at radius 2 is 1.65 bits per heavy atom. The molecule has 0 radical (unpaired) electrons. The quantitative estimate of drug-likeness (QED) is 0.299. The number of hydrogen-bond donors (Lipinski definition) is 2. The lowest BCUT2D eigenvalue weighted by Crippen LogP contribution is -2.58. The summed E-state index contributed by atoms with van der Waals surface area (Å²) in [5, 5.41) is 5.93. The van der Waals surface area contributed by atoms with Crippen molar-refractivity contribution in [2.24, 2.45) is 27.7 Å². The Morgan fingerprint density at radius 1 is 1.00 bits per heavy atom. The van der Waals surface area contributed by atoms with E-state index in [9.17, 15) is 14.4 Å². The number of guanidine groups is 1. The molecule has 3 heterocycles. The van der Waals surface area contributed by atoms with Crippen LogP contribution in [0.25, 0.3) is 0 Å². The summed E-state index contributed by atoms with van der Waals surface area (Å²) in [5.74, 6) is 0.0570. The Bertz CT molecular complexity index is 982. The van der Waals surface area contributed by atoms with Crippen molar-refractivity contribution in [1.82, 2.24) is 20.4 Å². The van der Waals surface area contributed by atoms with Crippen molar-refractivity contribution in [3.8, 4) is 0 Å². The van der Waals surface area contributed by atoms with E-state index < -0.39 is 18.2 Å². The number of carbonyl (C=O) groups excluding carboxylic acids is 3. The van der Waals surface area contributed by atoms with E-state index in [0.717, 1.165) is 25.9 Å². The predicted molar refractivity (Wildman–Crippen MR) is 162 cm³/mol. The van der Waals surface area contributed by atoms with Gasteiger partial charge in [0.2, 0.25) is 11.9 Å². The molecule has 0 aromatic rings. The van der Waals surface area contributed by atoms with E-state index >= 15 is 0 Å². The fraction of sp³-hybridized carbons (Fsp3) is 0.871. The van der Waals surface area contributed by atoms with Crippen LogP contribution in [-0.4, -0.2) is 125 Å². The van der Waals surface area contributed by atoms with E-state index in [4.69, 9.17) is 23.9 Å². The Kier molecular flexibility index (Phi) is 11.8. The number of aliphatic imine (C=N–C) groups is 1. The molecule has 2 amide bonds. The average molecular weight is 608 g/mol. The number of nitrogens with zero attached hydrogens (tertiary/aromatic N) is 3. The minimum atomic E-state index is -0.848. The summed E-state index contributed by atoms with van der Waals surface area (Å²) in [4.78, 5) is 49.2. The van der Waals surface area contributed by atoms with Gasteiger partial charge in [0.15, 0.2) is 5.78 Å². The van der Waals surface area contributed by atoms with Gasteiger partial charge < -0.3 is 29.2 Å². The molecule has 0 aromatic heterocycles. The van der Waals surface area contributed by atoms with Gasteiger partial charge in [0.05, 0.1) is 45.7 Å². The average Bonchev–Trinajstić information content (AvgIpc) is 2.93. The molecule has 0 bridgehead atoms. The molecular formula is C31H53N5O7. The molecule has 1 saturated carbocycles. The molecule has 3 saturated heterocycles. The lowest BCUT2D eigenvalue weighted by molar-refractivity contribution is -0.139. The number of rotatable bonds is 9. The lowest BCUT2D eigenvalue weighted by atomic mass is 9.66. The van der Waals surface area contributed by atoms with E-state index in [-0.39, 0.29) is 35.0 Å². The van der Waals surface area contributed by atoms with Gasteiger partial charge in [0.25, 0.3) is 0 Å². The van der Waals surface area contributed by atoms with Gasteiger partial charge in [-0.3, -0.25) is 19.8 Å². The van der Waals surface area contributed by atoms with E-state index in [1.165, 1.54) is 6.42 Å². The third kappa shape index (κ3) is 9.60. The van der Waals surface area contributed by atoms with Gasteiger partial charge in [-0.05, 0) is 36.0 Å². The maximum atomic E-state index is 14.1. The third-order valence-corrected chi connectivity index (χ3v) is 9.80. The van der Waals surface area contributed by atoms with Crippen molar-refractivity contribution >= 4 is 23.7 Å². The van der Waals surface area contributed by atoms with Crippen LogP contribution in [0.4, 0.5) is 4.79 Å². The number of hydrogen-bond acceptors (Lipinski definition) is 9. The maximum absolute atomic E-state index is 14.1. The Balaban J connectivity index is 1.56. The van der Waals surface area contributed by atoms with E-state index in [0.29, 0.717) is 77.6 Å². The van der Waals surface area contributed by atoms with Crippen molar-refractivity contribution in [2.45, 2.75) is 72.4 Å². The number of Topliss-reactive ketones (excluding diaryl/α,β-unsaturated/α-hetero) is 1. The molecule has 12 nitrogen and oxygen atoms in total. The van der Waals surface area contributed by atoms with Crippen molar-refractivity contribution in [1.29, 1.82) is 0 Å². The Hall–Kier alpha value is -2.28. The molecule has 1 aliphatic carbocycles. The zero-order valence-corrected chi connectivity index (χ0v) is 26.8. The molecule has 244 valence electrons. The minimum absolute atomic E-state index is 0.0284. The standard InChI is InChI=1S/C31H53N5O7/c1-30(2,3)31(4,5)17-24(27(38)33-26-23(20-42-21-25(26)37)18-35-9-13-40-14-10-35)32-28(36-11-15-41-16-12-36)34-29(39)43-19-22-7-6-8-22/h22-24,26H,6-21H2,1-5H3,(H,33,38)(H,32,34,39). The molecule has 43 heavy (non-hydrogen) atoms. The van der Waals surface area contributed by atoms with Crippen LogP contribution >= 0.6 is 0 Å². The highest BCUT2D eigenvalue weighted by Crippen LogP contribution is 2.42. The fourth-order valence-electron chi connectivity index (χ4n) is 5.56. The van der Waals surface area contributed by atoms with Crippen LogP contribution in [0.1, 0.15) is 60.3 Å². The molecule has 0 spiro atoms. The number of ether oxygens (including phenoxy) is 4. The third-order valence-electron chi connectivity index (χ3n) is 9.80. The second-order valence-corrected chi connectivity index (χ2v) is 14.1. The lowest BCUT2D eigenvalue weighted by Gasteiger charge is -2.41. The molecule has 3 unspecified atom stereocenters.